The molecule has 0 fully saturated rings. The molecule has 0 aromatic carbocycles. The lowest BCUT2D eigenvalue weighted by Gasteiger charge is -2.20. The van der Waals surface area contributed by atoms with Crippen molar-refractivity contribution in [3.63, 3.8) is 0 Å². The first-order valence-electron chi connectivity index (χ1n) is 4.20. The van der Waals surface area contributed by atoms with E-state index in [0.29, 0.717) is 0 Å². The van der Waals surface area contributed by atoms with Crippen LogP contribution in [0.15, 0.2) is 22.3 Å². The van der Waals surface area contributed by atoms with E-state index in [1.54, 1.807) is 0 Å². The Morgan fingerprint density at radius 1 is 1.00 bits per heavy atom. The fraction of sp³-hybridized carbons (Fsp3) is 0.600. The molecule has 0 amide bonds. The van der Waals surface area contributed by atoms with Crippen LogP contribution in [-0.4, -0.2) is 18.0 Å². The van der Waals surface area contributed by atoms with Gasteiger partial charge in [-0.05, 0) is 33.8 Å². The molecule has 12 heavy (non-hydrogen) atoms. The minimum absolute atomic E-state index is 0.0258. The SMILES string of the molecule is CC1(C)C=N/C=C\C(C)(C)N=C1. The van der Waals surface area contributed by atoms with Crippen LogP contribution < -0.4 is 0 Å². The Morgan fingerprint density at radius 3 is 2.33 bits per heavy atom. The van der Waals surface area contributed by atoms with Gasteiger partial charge in [-0.3, -0.25) is 9.98 Å². The Kier molecular flexibility index (Phi) is 2.18. The van der Waals surface area contributed by atoms with Crippen LogP contribution in [0.3, 0.4) is 0 Å². The first kappa shape index (κ1) is 9.17. The van der Waals surface area contributed by atoms with Gasteiger partial charge in [0.25, 0.3) is 0 Å². The molecule has 0 atom stereocenters. The normalized spacial score (nSPS) is 27.7. The van der Waals surface area contributed by atoms with Gasteiger partial charge in [-0.15, -0.1) is 0 Å². The van der Waals surface area contributed by atoms with Crippen LogP contribution in [0.5, 0.6) is 0 Å². The second-order valence-electron chi connectivity index (χ2n) is 4.33. The molecule has 1 aliphatic rings. The van der Waals surface area contributed by atoms with Crippen LogP contribution in [0.2, 0.25) is 0 Å². The van der Waals surface area contributed by atoms with Crippen molar-refractivity contribution >= 4 is 12.4 Å². The summed E-state index contributed by atoms with van der Waals surface area (Å²) in [5.74, 6) is 0. The average Bonchev–Trinajstić information content (AvgIpc) is 1.94. The van der Waals surface area contributed by atoms with Crippen molar-refractivity contribution in [2.24, 2.45) is 15.4 Å². The van der Waals surface area contributed by atoms with Gasteiger partial charge in [0.2, 0.25) is 0 Å². The molecule has 0 aromatic heterocycles. The Hall–Kier alpha value is -0.920. The Bertz CT molecular complexity index is 219. The van der Waals surface area contributed by atoms with Crippen LogP contribution in [0, 0.1) is 5.41 Å². The number of hydrogen-bond donors (Lipinski definition) is 0. The summed E-state index contributed by atoms with van der Waals surface area (Å²) in [6, 6.07) is 0. The zero-order valence-electron chi connectivity index (χ0n) is 8.20. The Labute approximate surface area is 74.1 Å². The minimum atomic E-state index is -0.116. The summed E-state index contributed by atoms with van der Waals surface area (Å²) in [5.41, 5.74) is -0.142. The summed E-state index contributed by atoms with van der Waals surface area (Å²) in [5, 5.41) is 0. The largest absolute Gasteiger partial charge is 0.286 e. The maximum atomic E-state index is 4.47. The third-order valence-electron chi connectivity index (χ3n) is 1.71. The van der Waals surface area contributed by atoms with Crippen LogP contribution in [-0.2, 0) is 0 Å². The fourth-order valence-electron chi connectivity index (χ4n) is 0.870. The van der Waals surface area contributed by atoms with E-state index in [4.69, 9.17) is 0 Å². The molecule has 0 spiro atoms. The average molecular weight is 164 g/mol. The van der Waals surface area contributed by atoms with E-state index in [1.165, 1.54) is 0 Å². The molecule has 2 heteroatoms. The van der Waals surface area contributed by atoms with E-state index in [1.807, 2.05) is 24.7 Å². The molecule has 1 aliphatic heterocycles. The van der Waals surface area contributed by atoms with Gasteiger partial charge in [0, 0.05) is 24.0 Å². The van der Waals surface area contributed by atoms with Crippen molar-refractivity contribution in [3.8, 4) is 0 Å². The van der Waals surface area contributed by atoms with Gasteiger partial charge in [-0.25, -0.2) is 0 Å². The number of hydrogen-bond acceptors (Lipinski definition) is 2. The second-order valence-corrected chi connectivity index (χ2v) is 4.33. The number of rotatable bonds is 0. The standard InChI is InChI=1S/C10H16N2/c1-9(2)7-11-6-5-10(3,4)12-8-9/h5-8H,1-4H3/b6-5-,11-7?,12-8?. The van der Waals surface area contributed by atoms with Crippen LogP contribution in [0.25, 0.3) is 0 Å². The Morgan fingerprint density at radius 2 is 1.67 bits per heavy atom. The van der Waals surface area contributed by atoms with Gasteiger partial charge >= 0.3 is 0 Å². The van der Waals surface area contributed by atoms with E-state index in [-0.39, 0.29) is 11.0 Å². The van der Waals surface area contributed by atoms with E-state index >= 15 is 0 Å². The first-order valence-corrected chi connectivity index (χ1v) is 4.20. The molecule has 0 saturated heterocycles. The zero-order chi connectivity index (χ0) is 9.24. The zero-order valence-corrected chi connectivity index (χ0v) is 8.20. The molecular formula is C10H16N2. The molecule has 0 radical (unpaired) electrons. The third kappa shape index (κ3) is 2.61. The summed E-state index contributed by atoms with van der Waals surface area (Å²) in [6.07, 6.45) is 7.68. The molecule has 1 heterocycles. The highest BCUT2D eigenvalue weighted by Crippen LogP contribution is 2.17. The van der Waals surface area contributed by atoms with Crippen molar-refractivity contribution in [1.82, 2.24) is 0 Å². The maximum Gasteiger partial charge on any atom is 0.0745 e. The Balaban J connectivity index is 2.97. The fourth-order valence-corrected chi connectivity index (χ4v) is 0.870. The van der Waals surface area contributed by atoms with Gasteiger partial charge in [-0.2, -0.15) is 0 Å². The van der Waals surface area contributed by atoms with Gasteiger partial charge in [0.1, 0.15) is 0 Å². The van der Waals surface area contributed by atoms with E-state index in [0.717, 1.165) is 0 Å². The molecule has 0 aliphatic carbocycles. The smallest absolute Gasteiger partial charge is 0.0745 e. The number of aliphatic imine (C=N–C) groups is 2. The van der Waals surface area contributed by atoms with Crippen molar-refractivity contribution in [1.29, 1.82) is 0 Å². The highest BCUT2D eigenvalue weighted by Gasteiger charge is 2.17. The van der Waals surface area contributed by atoms with Crippen LogP contribution in [0.4, 0.5) is 0 Å². The molecule has 0 unspecified atom stereocenters. The molecule has 0 N–H and O–H groups in total. The van der Waals surface area contributed by atoms with E-state index in [9.17, 15) is 0 Å². The number of nitrogens with zero attached hydrogens (tertiary/aromatic N) is 2. The predicted molar refractivity (Wildman–Crippen MR) is 54.0 cm³/mol. The quantitative estimate of drug-likeness (QED) is 0.525. The van der Waals surface area contributed by atoms with E-state index < -0.39 is 0 Å². The van der Waals surface area contributed by atoms with Crippen LogP contribution >= 0.6 is 0 Å². The maximum absolute atomic E-state index is 4.47. The highest BCUT2D eigenvalue weighted by molar-refractivity contribution is 5.88. The van der Waals surface area contributed by atoms with Crippen molar-refractivity contribution in [2.75, 3.05) is 0 Å². The summed E-state index contributed by atoms with van der Waals surface area (Å²) in [4.78, 5) is 8.65. The predicted octanol–water partition coefficient (Wildman–Crippen LogP) is 2.46. The minimum Gasteiger partial charge on any atom is -0.286 e. The molecule has 66 valence electrons. The highest BCUT2D eigenvalue weighted by atomic mass is 14.8. The van der Waals surface area contributed by atoms with E-state index in [2.05, 4.69) is 37.7 Å². The molecule has 2 nitrogen and oxygen atoms in total. The van der Waals surface area contributed by atoms with Crippen LogP contribution in [0.1, 0.15) is 27.7 Å². The third-order valence-corrected chi connectivity index (χ3v) is 1.71. The van der Waals surface area contributed by atoms with Gasteiger partial charge in [-0.1, -0.05) is 0 Å². The lowest BCUT2D eigenvalue weighted by molar-refractivity contribution is 0.638. The molecular weight excluding hydrogens is 148 g/mol. The summed E-state index contributed by atoms with van der Waals surface area (Å²) in [7, 11) is 0. The van der Waals surface area contributed by atoms with Gasteiger partial charge in [0.05, 0.1) is 5.54 Å². The lowest BCUT2D eigenvalue weighted by atomic mass is 9.95. The van der Waals surface area contributed by atoms with Crippen molar-refractivity contribution in [2.45, 2.75) is 33.2 Å². The molecule has 0 aromatic rings. The summed E-state index contributed by atoms with van der Waals surface area (Å²) >= 11 is 0. The van der Waals surface area contributed by atoms with Crippen molar-refractivity contribution in [3.05, 3.63) is 12.3 Å². The topological polar surface area (TPSA) is 24.7 Å². The molecule has 1 rings (SSSR count). The molecule has 0 bridgehead atoms. The van der Waals surface area contributed by atoms with Gasteiger partial charge < -0.3 is 0 Å². The lowest BCUT2D eigenvalue weighted by Crippen LogP contribution is -2.21. The molecule has 0 saturated carbocycles. The summed E-state index contributed by atoms with van der Waals surface area (Å²) < 4.78 is 0. The van der Waals surface area contributed by atoms with Gasteiger partial charge in [0.15, 0.2) is 0 Å². The summed E-state index contributed by atoms with van der Waals surface area (Å²) in [6.45, 7) is 8.32. The second kappa shape index (κ2) is 2.85. The monoisotopic (exact) mass is 164 g/mol. The first-order chi connectivity index (χ1) is 5.41. The van der Waals surface area contributed by atoms with Crippen molar-refractivity contribution < 1.29 is 0 Å².